The summed E-state index contributed by atoms with van der Waals surface area (Å²) in [5.41, 5.74) is 1.44. The second-order valence-corrected chi connectivity index (χ2v) is 11.0. The van der Waals surface area contributed by atoms with E-state index in [2.05, 4.69) is 10.6 Å². The van der Waals surface area contributed by atoms with Gasteiger partial charge >= 0.3 is 6.03 Å². The van der Waals surface area contributed by atoms with Crippen LogP contribution in [0.5, 0.6) is 0 Å². The highest BCUT2D eigenvalue weighted by Gasteiger charge is 2.52. The van der Waals surface area contributed by atoms with Crippen LogP contribution in [0.15, 0.2) is 53.4 Å². The van der Waals surface area contributed by atoms with Gasteiger partial charge < -0.3 is 10.6 Å². The lowest BCUT2D eigenvalue weighted by atomic mass is 9.78. The summed E-state index contributed by atoms with van der Waals surface area (Å²) in [5.74, 6) is -0.986. The van der Waals surface area contributed by atoms with Crippen LogP contribution >= 0.6 is 0 Å². The summed E-state index contributed by atoms with van der Waals surface area (Å²) < 4.78 is 27.0. The molecule has 3 aliphatic rings. The van der Waals surface area contributed by atoms with Crippen LogP contribution in [0, 0.1) is 0 Å². The van der Waals surface area contributed by atoms with E-state index in [1.807, 2.05) is 24.3 Å². The monoisotopic (exact) mass is 482 g/mol. The first-order chi connectivity index (χ1) is 16.3. The molecule has 2 aliphatic heterocycles. The Morgan fingerprint density at radius 2 is 1.76 bits per heavy atom. The molecule has 4 amide bonds. The quantitative estimate of drug-likeness (QED) is 0.632. The molecule has 0 radical (unpaired) electrons. The van der Waals surface area contributed by atoms with Crippen LogP contribution in [0.2, 0.25) is 0 Å². The van der Waals surface area contributed by atoms with Crippen LogP contribution in [0.3, 0.4) is 0 Å². The molecular weight excluding hydrogens is 456 g/mol. The molecule has 1 atom stereocenters. The van der Waals surface area contributed by atoms with Gasteiger partial charge in [0.05, 0.1) is 4.90 Å². The smallest absolute Gasteiger partial charge is 0.324 e. The predicted molar refractivity (Wildman–Crippen MR) is 125 cm³/mol. The van der Waals surface area contributed by atoms with Crippen LogP contribution in [0.1, 0.15) is 30.4 Å². The number of hydrogen-bond donors (Lipinski definition) is 2. The van der Waals surface area contributed by atoms with Gasteiger partial charge in [0.2, 0.25) is 15.9 Å². The van der Waals surface area contributed by atoms with E-state index in [0.717, 1.165) is 28.9 Å². The number of nitrogens with zero attached hydrogens (tertiary/aromatic N) is 2. The van der Waals surface area contributed by atoms with Crippen molar-refractivity contribution in [3.05, 3.63) is 59.7 Å². The maximum atomic E-state index is 13.2. The van der Waals surface area contributed by atoms with Crippen molar-refractivity contribution >= 4 is 33.6 Å². The highest BCUT2D eigenvalue weighted by Crippen LogP contribution is 2.33. The fraction of sp³-hybridized carbons (Fsp3) is 0.375. The molecule has 0 aromatic heterocycles. The van der Waals surface area contributed by atoms with Gasteiger partial charge in [0.25, 0.3) is 5.91 Å². The van der Waals surface area contributed by atoms with Crippen LogP contribution in [0.25, 0.3) is 0 Å². The number of imide groups is 1. The summed E-state index contributed by atoms with van der Waals surface area (Å²) >= 11 is 0. The lowest BCUT2D eigenvalue weighted by Gasteiger charge is -2.32. The molecule has 34 heavy (non-hydrogen) atoms. The maximum Gasteiger partial charge on any atom is 0.325 e. The number of hydrogen-bond acceptors (Lipinski definition) is 5. The predicted octanol–water partition coefficient (Wildman–Crippen LogP) is 1.89. The zero-order valence-electron chi connectivity index (χ0n) is 18.6. The molecular formula is C24H26N4O5S. The standard InChI is InChI=1S/C24H26N4O5S/c29-21(25-19-8-5-9-20(14-19)34(32,33)27-12-3-4-13-27)16-28-22(30)24(26-23(28)31)11-10-17-6-1-2-7-18(17)15-24/h1-2,5-9,14H,3-4,10-13,15-16H2,(H,25,29)(H,26,31). The molecule has 0 saturated carbocycles. The summed E-state index contributed by atoms with van der Waals surface area (Å²) in [6.45, 7) is 0.520. The van der Waals surface area contributed by atoms with Crippen molar-refractivity contribution in [2.75, 3.05) is 25.0 Å². The van der Waals surface area contributed by atoms with Crippen molar-refractivity contribution in [3.8, 4) is 0 Å². The highest BCUT2D eigenvalue weighted by molar-refractivity contribution is 7.89. The summed E-state index contributed by atoms with van der Waals surface area (Å²) in [6.07, 6.45) is 3.19. The minimum atomic E-state index is -3.63. The van der Waals surface area contributed by atoms with Gasteiger partial charge in [-0.25, -0.2) is 13.2 Å². The average Bonchev–Trinajstić information content (AvgIpc) is 3.44. The number of sulfonamides is 1. The minimum Gasteiger partial charge on any atom is -0.324 e. The van der Waals surface area contributed by atoms with E-state index in [0.29, 0.717) is 38.0 Å². The summed E-state index contributed by atoms with van der Waals surface area (Å²) in [6, 6.07) is 13.3. The van der Waals surface area contributed by atoms with Gasteiger partial charge in [0.1, 0.15) is 12.1 Å². The molecule has 2 aromatic rings. The minimum absolute atomic E-state index is 0.0991. The second kappa shape index (κ2) is 8.52. The molecule has 2 aromatic carbocycles. The Balaban J connectivity index is 1.27. The molecule has 178 valence electrons. The van der Waals surface area contributed by atoms with E-state index in [9.17, 15) is 22.8 Å². The van der Waals surface area contributed by atoms with E-state index < -0.39 is 40.0 Å². The normalized spacial score (nSPS) is 22.6. The van der Waals surface area contributed by atoms with Crippen molar-refractivity contribution in [3.63, 3.8) is 0 Å². The van der Waals surface area contributed by atoms with Crippen molar-refractivity contribution in [1.29, 1.82) is 0 Å². The summed E-state index contributed by atoms with van der Waals surface area (Å²) in [5, 5.41) is 5.44. The lowest BCUT2D eigenvalue weighted by molar-refractivity contribution is -0.134. The van der Waals surface area contributed by atoms with Crippen molar-refractivity contribution in [2.45, 2.75) is 42.5 Å². The van der Waals surface area contributed by atoms with E-state index >= 15 is 0 Å². The largest absolute Gasteiger partial charge is 0.325 e. The van der Waals surface area contributed by atoms with Gasteiger partial charge in [0, 0.05) is 25.2 Å². The molecule has 5 rings (SSSR count). The van der Waals surface area contributed by atoms with E-state index in [1.165, 1.54) is 16.4 Å². The zero-order valence-corrected chi connectivity index (χ0v) is 19.4. The maximum absolute atomic E-state index is 13.2. The second-order valence-electron chi connectivity index (χ2n) is 9.04. The first-order valence-corrected chi connectivity index (χ1v) is 12.8. The van der Waals surface area contributed by atoms with E-state index in [-0.39, 0.29) is 4.90 Å². The number of carbonyl (C=O) groups excluding carboxylic acids is 3. The van der Waals surface area contributed by atoms with Crippen molar-refractivity contribution in [1.82, 2.24) is 14.5 Å². The van der Waals surface area contributed by atoms with Crippen LogP contribution in [-0.4, -0.2) is 60.6 Å². The van der Waals surface area contributed by atoms with Crippen molar-refractivity contribution < 1.29 is 22.8 Å². The number of urea groups is 1. The highest BCUT2D eigenvalue weighted by atomic mass is 32.2. The molecule has 9 nitrogen and oxygen atoms in total. The van der Waals surface area contributed by atoms with E-state index in [4.69, 9.17) is 0 Å². The number of nitrogens with one attached hydrogen (secondary N) is 2. The summed E-state index contributed by atoms with van der Waals surface area (Å²) in [7, 11) is -3.63. The van der Waals surface area contributed by atoms with E-state index in [1.54, 1.807) is 12.1 Å². The molecule has 10 heteroatoms. The number of benzene rings is 2. The number of amides is 4. The molecule has 2 N–H and O–H groups in total. The Morgan fingerprint density at radius 3 is 2.53 bits per heavy atom. The first kappa shape index (κ1) is 22.5. The molecule has 2 fully saturated rings. The number of carbonyl (C=O) groups is 3. The third-order valence-corrected chi connectivity index (χ3v) is 8.69. The topological polar surface area (TPSA) is 116 Å². The fourth-order valence-electron chi connectivity index (χ4n) is 5.00. The third-order valence-electron chi connectivity index (χ3n) is 6.80. The zero-order chi connectivity index (χ0) is 23.9. The van der Waals surface area contributed by atoms with Gasteiger partial charge in [0.15, 0.2) is 0 Å². The molecule has 1 spiro atoms. The molecule has 2 heterocycles. The average molecular weight is 483 g/mol. The lowest BCUT2D eigenvalue weighted by Crippen LogP contribution is -2.51. The SMILES string of the molecule is O=C(CN1C(=O)NC2(CCc3ccccc3C2)C1=O)Nc1cccc(S(=O)(=O)N2CCCC2)c1. The Bertz CT molecular complexity index is 1270. The van der Waals surface area contributed by atoms with Gasteiger partial charge in [-0.1, -0.05) is 30.3 Å². The fourth-order valence-corrected chi connectivity index (χ4v) is 6.56. The van der Waals surface area contributed by atoms with Gasteiger partial charge in [-0.15, -0.1) is 0 Å². The first-order valence-electron chi connectivity index (χ1n) is 11.4. The third kappa shape index (κ3) is 3.97. The number of anilines is 1. The molecule has 2 saturated heterocycles. The van der Waals surface area contributed by atoms with Gasteiger partial charge in [-0.2, -0.15) is 4.31 Å². The number of rotatable bonds is 5. The molecule has 1 aliphatic carbocycles. The Morgan fingerprint density at radius 1 is 1.03 bits per heavy atom. The summed E-state index contributed by atoms with van der Waals surface area (Å²) in [4.78, 5) is 39.6. The van der Waals surface area contributed by atoms with Crippen LogP contribution in [-0.2, 0) is 32.5 Å². The van der Waals surface area contributed by atoms with Crippen LogP contribution < -0.4 is 10.6 Å². The number of aryl methyl sites for hydroxylation is 1. The van der Waals surface area contributed by atoms with Gasteiger partial charge in [-0.05, 0) is 55.0 Å². The Hall–Kier alpha value is -3.24. The van der Waals surface area contributed by atoms with Crippen molar-refractivity contribution in [2.24, 2.45) is 0 Å². The molecule has 0 bridgehead atoms. The Labute approximate surface area is 198 Å². The Kier molecular flexibility index (Phi) is 5.65. The number of fused-ring (bicyclic) bond motifs is 1. The van der Waals surface area contributed by atoms with Gasteiger partial charge in [-0.3, -0.25) is 14.5 Å². The van der Waals surface area contributed by atoms with Crippen LogP contribution in [0.4, 0.5) is 10.5 Å². The molecule has 1 unspecified atom stereocenters.